The Balaban J connectivity index is 1.68. The Morgan fingerprint density at radius 3 is 2.92 bits per heavy atom. The molecule has 1 aliphatic heterocycles. The molecule has 1 aromatic carbocycles. The first-order valence-electron chi connectivity index (χ1n) is 7.61. The monoisotopic (exact) mass is 341 g/mol. The molecule has 1 amide bonds. The Hall–Kier alpha value is -2.74. The average Bonchev–Trinajstić information content (AvgIpc) is 3.08. The maximum absolute atomic E-state index is 12.0. The van der Waals surface area contributed by atoms with Crippen molar-refractivity contribution in [2.45, 2.75) is 19.8 Å². The molecule has 0 spiro atoms. The second-order valence-electron chi connectivity index (χ2n) is 5.64. The molecule has 7 nitrogen and oxygen atoms in total. The van der Waals surface area contributed by atoms with Crippen molar-refractivity contribution in [2.24, 2.45) is 0 Å². The highest BCUT2D eigenvalue weighted by atomic mass is 32.1. The minimum Gasteiger partial charge on any atom is -0.330 e. The second kappa shape index (κ2) is 5.41. The highest BCUT2D eigenvalue weighted by Gasteiger charge is 2.24. The number of hydrogen-bond donors (Lipinski definition) is 1. The van der Waals surface area contributed by atoms with Crippen LogP contribution in [-0.2, 0) is 17.6 Å². The zero-order valence-corrected chi connectivity index (χ0v) is 14.1. The average molecular weight is 341 g/mol. The van der Waals surface area contributed by atoms with Crippen molar-refractivity contribution in [3.63, 3.8) is 0 Å². The first-order chi connectivity index (χ1) is 11.5. The van der Waals surface area contributed by atoms with E-state index >= 15 is 0 Å². The number of aromatic nitrogens is 3. The number of benzene rings is 1. The number of carbonyl (C=O) groups excluding carboxylic acids is 1. The number of nitrogens with one attached hydrogen (secondary N) is 1. The van der Waals surface area contributed by atoms with E-state index in [1.54, 1.807) is 11.9 Å². The standard InChI is InChI=1S/C16H15N5O2S/c1-3-10-8-14(23)21-16(18-10)24-15(19-21)17-11-4-5-12-9(6-11)7-13(22)20(12)2/h4-6,8H,3,7H2,1-2H3,(H,17,19). The van der Waals surface area contributed by atoms with Crippen LogP contribution < -0.4 is 15.8 Å². The van der Waals surface area contributed by atoms with Gasteiger partial charge < -0.3 is 10.2 Å². The molecule has 1 N–H and O–H groups in total. The summed E-state index contributed by atoms with van der Waals surface area (Å²) in [5.41, 5.74) is 3.33. The fraction of sp³-hybridized carbons (Fsp3) is 0.250. The van der Waals surface area contributed by atoms with Gasteiger partial charge in [0, 0.05) is 30.2 Å². The van der Waals surface area contributed by atoms with Crippen LogP contribution in [-0.4, -0.2) is 27.6 Å². The smallest absolute Gasteiger partial charge is 0.275 e. The van der Waals surface area contributed by atoms with E-state index in [4.69, 9.17) is 0 Å². The molecule has 2 aromatic heterocycles. The summed E-state index contributed by atoms with van der Waals surface area (Å²) >= 11 is 1.32. The molecule has 0 saturated carbocycles. The van der Waals surface area contributed by atoms with Gasteiger partial charge in [0.15, 0.2) is 0 Å². The van der Waals surface area contributed by atoms with Gasteiger partial charge in [-0.25, -0.2) is 4.98 Å². The van der Waals surface area contributed by atoms with E-state index in [0.29, 0.717) is 22.9 Å². The molecule has 1 aliphatic rings. The van der Waals surface area contributed by atoms with Crippen molar-refractivity contribution < 1.29 is 4.79 Å². The molecular formula is C16H15N5O2S. The number of fused-ring (bicyclic) bond motifs is 2. The highest BCUT2D eigenvalue weighted by molar-refractivity contribution is 7.20. The Kier molecular flexibility index (Phi) is 3.34. The van der Waals surface area contributed by atoms with Crippen LogP contribution >= 0.6 is 11.3 Å². The van der Waals surface area contributed by atoms with E-state index in [2.05, 4.69) is 15.4 Å². The molecule has 8 heteroatoms. The largest absolute Gasteiger partial charge is 0.330 e. The van der Waals surface area contributed by atoms with E-state index < -0.39 is 0 Å². The molecule has 0 saturated heterocycles. The summed E-state index contributed by atoms with van der Waals surface area (Å²) in [5.74, 6) is 0.0879. The van der Waals surface area contributed by atoms with Gasteiger partial charge in [0.2, 0.25) is 16.0 Å². The summed E-state index contributed by atoms with van der Waals surface area (Å²) in [6.45, 7) is 1.96. The fourth-order valence-corrected chi connectivity index (χ4v) is 3.60. The minimum absolute atomic E-state index is 0.0879. The Bertz CT molecular complexity index is 1020. The molecular weight excluding hydrogens is 326 g/mol. The normalized spacial score (nSPS) is 13.6. The van der Waals surface area contributed by atoms with Crippen molar-refractivity contribution in [3.05, 3.63) is 45.9 Å². The summed E-state index contributed by atoms with van der Waals surface area (Å²) in [6, 6.07) is 7.26. The fourth-order valence-electron chi connectivity index (χ4n) is 2.76. The molecule has 0 unspecified atom stereocenters. The molecule has 4 rings (SSSR count). The third-order valence-corrected chi connectivity index (χ3v) is 4.89. The number of likely N-dealkylation sites (N-methyl/N-ethyl adjacent to an activating group) is 1. The number of hydrogen-bond acceptors (Lipinski definition) is 6. The van der Waals surface area contributed by atoms with E-state index in [-0.39, 0.29) is 11.5 Å². The first-order valence-corrected chi connectivity index (χ1v) is 8.43. The first kappa shape index (κ1) is 14.8. The Labute approximate surface area is 141 Å². The molecule has 0 radical (unpaired) electrons. The highest BCUT2D eigenvalue weighted by Crippen LogP contribution is 2.31. The zero-order chi connectivity index (χ0) is 16.8. The predicted molar refractivity (Wildman–Crippen MR) is 93.4 cm³/mol. The minimum atomic E-state index is -0.178. The quantitative estimate of drug-likeness (QED) is 0.788. The van der Waals surface area contributed by atoms with Crippen LogP contribution in [0.3, 0.4) is 0 Å². The van der Waals surface area contributed by atoms with Gasteiger partial charge >= 0.3 is 0 Å². The van der Waals surface area contributed by atoms with Gasteiger partial charge in [0.25, 0.3) is 5.56 Å². The van der Waals surface area contributed by atoms with E-state index in [0.717, 1.165) is 22.6 Å². The SMILES string of the molecule is CCc1cc(=O)n2nc(Nc3ccc4c(c3)CC(=O)N4C)sc2n1. The lowest BCUT2D eigenvalue weighted by molar-refractivity contribution is -0.117. The number of rotatable bonds is 3. The molecule has 3 aromatic rings. The van der Waals surface area contributed by atoms with E-state index in [1.165, 1.54) is 21.9 Å². The van der Waals surface area contributed by atoms with Crippen LogP contribution in [0.25, 0.3) is 4.96 Å². The van der Waals surface area contributed by atoms with Crippen LogP contribution in [0.2, 0.25) is 0 Å². The van der Waals surface area contributed by atoms with Crippen molar-refractivity contribution in [3.8, 4) is 0 Å². The molecule has 122 valence electrons. The predicted octanol–water partition coefficient (Wildman–Crippen LogP) is 1.98. The van der Waals surface area contributed by atoms with Crippen LogP contribution in [0.1, 0.15) is 18.2 Å². The molecule has 24 heavy (non-hydrogen) atoms. The number of amides is 1. The number of nitrogens with zero attached hydrogens (tertiary/aromatic N) is 4. The van der Waals surface area contributed by atoms with Crippen LogP contribution in [0.4, 0.5) is 16.5 Å². The van der Waals surface area contributed by atoms with E-state index in [9.17, 15) is 9.59 Å². The molecule has 0 atom stereocenters. The van der Waals surface area contributed by atoms with Gasteiger partial charge in [-0.1, -0.05) is 18.3 Å². The maximum atomic E-state index is 12.0. The van der Waals surface area contributed by atoms with Gasteiger partial charge in [0.05, 0.1) is 6.42 Å². The van der Waals surface area contributed by atoms with Crippen LogP contribution in [0.15, 0.2) is 29.1 Å². The number of anilines is 3. The van der Waals surface area contributed by atoms with Gasteiger partial charge in [-0.05, 0) is 30.2 Å². The van der Waals surface area contributed by atoms with Crippen molar-refractivity contribution in [2.75, 3.05) is 17.3 Å². The topological polar surface area (TPSA) is 79.6 Å². The van der Waals surface area contributed by atoms with Crippen molar-refractivity contribution >= 4 is 38.7 Å². The van der Waals surface area contributed by atoms with Crippen LogP contribution in [0, 0.1) is 0 Å². The Morgan fingerprint density at radius 2 is 2.12 bits per heavy atom. The third kappa shape index (κ3) is 2.35. The van der Waals surface area contributed by atoms with Gasteiger partial charge in [0.1, 0.15) is 0 Å². The Morgan fingerprint density at radius 1 is 1.29 bits per heavy atom. The second-order valence-corrected chi connectivity index (χ2v) is 6.59. The number of carbonyl (C=O) groups is 1. The number of aryl methyl sites for hydroxylation is 1. The molecule has 0 fully saturated rings. The van der Waals surface area contributed by atoms with Crippen LogP contribution in [0.5, 0.6) is 0 Å². The van der Waals surface area contributed by atoms with E-state index in [1.807, 2.05) is 25.1 Å². The lowest BCUT2D eigenvalue weighted by Crippen LogP contribution is -2.20. The molecule has 0 bridgehead atoms. The lowest BCUT2D eigenvalue weighted by Gasteiger charge is -2.10. The van der Waals surface area contributed by atoms with Gasteiger partial charge in [-0.2, -0.15) is 4.52 Å². The van der Waals surface area contributed by atoms with Gasteiger partial charge in [-0.3, -0.25) is 9.59 Å². The molecule has 3 heterocycles. The van der Waals surface area contributed by atoms with Crippen molar-refractivity contribution in [1.29, 1.82) is 0 Å². The van der Waals surface area contributed by atoms with Gasteiger partial charge in [-0.15, -0.1) is 5.10 Å². The summed E-state index contributed by atoms with van der Waals surface area (Å²) in [4.78, 5) is 30.5. The molecule has 0 aliphatic carbocycles. The summed E-state index contributed by atoms with van der Waals surface area (Å²) < 4.78 is 1.30. The summed E-state index contributed by atoms with van der Waals surface area (Å²) in [7, 11) is 1.78. The van der Waals surface area contributed by atoms with Crippen molar-refractivity contribution in [1.82, 2.24) is 14.6 Å². The summed E-state index contributed by atoms with van der Waals surface area (Å²) in [5, 5.41) is 8.06. The third-order valence-electron chi connectivity index (χ3n) is 4.07. The lowest BCUT2D eigenvalue weighted by atomic mass is 10.1. The maximum Gasteiger partial charge on any atom is 0.275 e. The zero-order valence-electron chi connectivity index (χ0n) is 13.2. The summed E-state index contributed by atoms with van der Waals surface area (Å²) in [6.07, 6.45) is 1.11.